The lowest BCUT2D eigenvalue weighted by molar-refractivity contribution is -0.159. The normalized spacial score (nSPS) is 24.7. The van der Waals surface area contributed by atoms with Crippen molar-refractivity contribution >= 4 is 23.3 Å². The number of carbonyl (C=O) groups is 1. The number of aliphatic hydroxyl groups is 1. The van der Waals surface area contributed by atoms with Gasteiger partial charge in [-0.15, -0.1) is 0 Å². The molecule has 2 N–H and O–H groups in total. The van der Waals surface area contributed by atoms with Gasteiger partial charge in [-0.25, -0.2) is 4.79 Å². The lowest BCUT2D eigenvalue weighted by Crippen LogP contribution is -2.39. The summed E-state index contributed by atoms with van der Waals surface area (Å²) in [5, 5.41) is 19.7. The van der Waals surface area contributed by atoms with Gasteiger partial charge in [-0.3, -0.25) is 0 Å². The van der Waals surface area contributed by atoms with E-state index in [0.29, 0.717) is 24.4 Å². The van der Waals surface area contributed by atoms with E-state index in [1.807, 2.05) is 18.2 Å². The molecule has 0 bridgehead atoms. The number of carboxylic acid groups (broad SMARTS) is 1. The van der Waals surface area contributed by atoms with Gasteiger partial charge in [0.05, 0.1) is 0 Å². The van der Waals surface area contributed by atoms with Crippen LogP contribution in [0.3, 0.4) is 0 Å². The molecule has 1 atom stereocenters. The number of halogens is 1. The maximum Gasteiger partial charge on any atom is 0.335 e. The minimum atomic E-state index is -1.59. The highest BCUT2D eigenvalue weighted by Crippen LogP contribution is 2.27. The van der Waals surface area contributed by atoms with E-state index in [1.165, 1.54) is 0 Å². The molecule has 1 aromatic carbocycles. The largest absolute Gasteiger partial charge is 0.479 e. The molecule has 4 nitrogen and oxygen atoms in total. The van der Waals surface area contributed by atoms with E-state index in [0.717, 1.165) is 12.2 Å². The first-order valence-electron chi connectivity index (χ1n) is 5.97. The Morgan fingerprint density at radius 3 is 2.78 bits per heavy atom. The van der Waals surface area contributed by atoms with Gasteiger partial charge in [0.2, 0.25) is 0 Å². The summed E-state index contributed by atoms with van der Waals surface area (Å²) in [6.45, 7) is 1.25. The topological polar surface area (TPSA) is 60.8 Å². The fourth-order valence-corrected chi connectivity index (χ4v) is 2.45. The van der Waals surface area contributed by atoms with Gasteiger partial charge in [0.15, 0.2) is 5.60 Å². The number of anilines is 1. The Morgan fingerprint density at radius 2 is 2.11 bits per heavy atom. The number of aliphatic carboxylic acids is 1. The Hall–Kier alpha value is -1.26. The molecule has 1 unspecified atom stereocenters. The molecule has 5 heteroatoms. The van der Waals surface area contributed by atoms with Crippen molar-refractivity contribution in [2.24, 2.45) is 0 Å². The molecule has 2 rings (SSSR count). The molecular formula is C13H16ClNO3. The van der Waals surface area contributed by atoms with Crippen molar-refractivity contribution in [3.05, 3.63) is 29.3 Å². The Bertz CT molecular complexity index is 452. The van der Waals surface area contributed by atoms with Gasteiger partial charge in [0, 0.05) is 30.2 Å². The van der Waals surface area contributed by atoms with Crippen molar-refractivity contribution in [2.75, 3.05) is 18.0 Å². The van der Waals surface area contributed by atoms with Gasteiger partial charge >= 0.3 is 5.97 Å². The van der Waals surface area contributed by atoms with Crippen molar-refractivity contribution in [3.63, 3.8) is 0 Å². The summed E-state index contributed by atoms with van der Waals surface area (Å²) >= 11 is 5.94. The fraction of sp³-hybridized carbons (Fsp3) is 0.462. The lowest BCUT2D eigenvalue weighted by atomic mass is 9.95. The summed E-state index contributed by atoms with van der Waals surface area (Å²) in [5.74, 6) is -1.13. The summed E-state index contributed by atoms with van der Waals surface area (Å²) < 4.78 is 0. The standard InChI is InChI=1S/C13H16ClNO3/c14-10-3-1-4-11(9-10)15-7-2-5-13(18,6-8-15)12(16)17/h1,3-4,9,18H,2,5-8H2,(H,16,17). The van der Waals surface area contributed by atoms with E-state index >= 15 is 0 Å². The van der Waals surface area contributed by atoms with Gasteiger partial charge in [0.25, 0.3) is 0 Å². The monoisotopic (exact) mass is 269 g/mol. The summed E-state index contributed by atoms with van der Waals surface area (Å²) in [5.41, 5.74) is -0.620. The van der Waals surface area contributed by atoms with Crippen LogP contribution in [-0.2, 0) is 4.79 Å². The third-order valence-corrected chi connectivity index (χ3v) is 3.62. The third-order valence-electron chi connectivity index (χ3n) is 3.39. The van der Waals surface area contributed by atoms with E-state index < -0.39 is 11.6 Å². The molecule has 0 aliphatic carbocycles. The number of nitrogens with zero attached hydrogens (tertiary/aromatic N) is 1. The molecule has 1 aliphatic heterocycles. The van der Waals surface area contributed by atoms with Crippen molar-refractivity contribution in [3.8, 4) is 0 Å². The van der Waals surface area contributed by atoms with Crippen molar-refractivity contribution in [1.82, 2.24) is 0 Å². The van der Waals surface area contributed by atoms with Crippen LogP contribution in [0.25, 0.3) is 0 Å². The Kier molecular flexibility index (Phi) is 3.78. The molecule has 1 saturated heterocycles. The van der Waals surface area contributed by atoms with E-state index in [4.69, 9.17) is 16.7 Å². The van der Waals surface area contributed by atoms with E-state index in [1.54, 1.807) is 6.07 Å². The van der Waals surface area contributed by atoms with Gasteiger partial charge in [-0.05, 0) is 31.0 Å². The third kappa shape index (κ3) is 2.76. The molecule has 1 fully saturated rings. The van der Waals surface area contributed by atoms with E-state index in [9.17, 15) is 9.90 Å². The quantitative estimate of drug-likeness (QED) is 0.864. The molecule has 1 heterocycles. The molecular weight excluding hydrogens is 254 g/mol. The number of hydrogen-bond acceptors (Lipinski definition) is 3. The number of hydrogen-bond donors (Lipinski definition) is 2. The molecule has 1 aliphatic rings. The van der Waals surface area contributed by atoms with Gasteiger partial charge < -0.3 is 15.1 Å². The SMILES string of the molecule is O=C(O)C1(O)CCCN(c2cccc(Cl)c2)CC1. The summed E-state index contributed by atoms with van der Waals surface area (Å²) in [7, 11) is 0. The van der Waals surface area contributed by atoms with Crippen molar-refractivity contribution in [1.29, 1.82) is 0 Å². The molecule has 18 heavy (non-hydrogen) atoms. The smallest absolute Gasteiger partial charge is 0.335 e. The van der Waals surface area contributed by atoms with E-state index in [2.05, 4.69) is 4.90 Å². The highest BCUT2D eigenvalue weighted by atomic mass is 35.5. The fourth-order valence-electron chi connectivity index (χ4n) is 2.26. The number of carboxylic acids is 1. The average molecular weight is 270 g/mol. The highest BCUT2D eigenvalue weighted by molar-refractivity contribution is 6.30. The van der Waals surface area contributed by atoms with Crippen LogP contribution in [0.4, 0.5) is 5.69 Å². The molecule has 0 radical (unpaired) electrons. The zero-order valence-corrected chi connectivity index (χ0v) is 10.7. The predicted molar refractivity (Wildman–Crippen MR) is 70.1 cm³/mol. The minimum absolute atomic E-state index is 0.231. The molecule has 98 valence electrons. The summed E-state index contributed by atoms with van der Waals surface area (Å²) in [6.07, 6.45) is 1.17. The second-order valence-electron chi connectivity index (χ2n) is 4.66. The van der Waals surface area contributed by atoms with Crippen LogP contribution >= 0.6 is 11.6 Å². The molecule has 0 amide bonds. The van der Waals surface area contributed by atoms with E-state index in [-0.39, 0.29) is 6.42 Å². The first kappa shape index (κ1) is 13.2. The average Bonchev–Trinajstić information content (AvgIpc) is 2.52. The molecule has 0 aromatic heterocycles. The highest BCUT2D eigenvalue weighted by Gasteiger charge is 2.37. The Balaban J connectivity index is 2.12. The van der Waals surface area contributed by atoms with Crippen LogP contribution in [0.5, 0.6) is 0 Å². The summed E-state index contributed by atoms with van der Waals surface area (Å²) in [6, 6.07) is 7.46. The second kappa shape index (κ2) is 5.16. The van der Waals surface area contributed by atoms with Crippen LogP contribution in [0.2, 0.25) is 5.02 Å². The zero-order valence-electron chi connectivity index (χ0n) is 9.97. The number of rotatable bonds is 2. The van der Waals surface area contributed by atoms with Crippen molar-refractivity contribution in [2.45, 2.75) is 24.9 Å². The van der Waals surface area contributed by atoms with Crippen molar-refractivity contribution < 1.29 is 15.0 Å². The maximum absolute atomic E-state index is 11.0. The Labute approximate surface area is 111 Å². The first-order chi connectivity index (χ1) is 8.51. The van der Waals surface area contributed by atoms with Crippen LogP contribution in [0.1, 0.15) is 19.3 Å². The van der Waals surface area contributed by atoms with Gasteiger partial charge in [-0.1, -0.05) is 17.7 Å². The second-order valence-corrected chi connectivity index (χ2v) is 5.09. The molecule has 1 aromatic rings. The first-order valence-corrected chi connectivity index (χ1v) is 6.35. The van der Waals surface area contributed by atoms with Crippen LogP contribution < -0.4 is 4.90 Å². The minimum Gasteiger partial charge on any atom is -0.479 e. The van der Waals surface area contributed by atoms with Crippen LogP contribution in [-0.4, -0.2) is 34.9 Å². The van der Waals surface area contributed by atoms with Crippen LogP contribution in [0.15, 0.2) is 24.3 Å². The van der Waals surface area contributed by atoms with Gasteiger partial charge in [0.1, 0.15) is 0 Å². The summed E-state index contributed by atoms with van der Waals surface area (Å²) in [4.78, 5) is 13.1. The lowest BCUT2D eigenvalue weighted by Gasteiger charge is -2.24. The Morgan fingerprint density at radius 1 is 1.33 bits per heavy atom. The maximum atomic E-state index is 11.0. The molecule has 0 spiro atoms. The van der Waals surface area contributed by atoms with Crippen LogP contribution in [0, 0.1) is 0 Å². The zero-order chi connectivity index (χ0) is 13.2. The predicted octanol–water partition coefficient (Wildman–Crippen LogP) is 2.15. The van der Waals surface area contributed by atoms with Gasteiger partial charge in [-0.2, -0.15) is 0 Å². The molecule has 0 saturated carbocycles. The number of benzene rings is 1.